The van der Waals surface area contributed by atoms with Crippen molar-refractivity contribution in [2.45, 2.75) is 25.2 Å². The molecule has 0 radical (unpaired) electrons. The third-order valence-electron chi connectivity index (χ3n) is 2.83. The molecule has 2 rings (SSSR count). The number of rotatable bonds is 1. The topological polar surface area (TPSA) is 55.1 Å². The Labute approximate surface area is 83.3 Å². The van der Waals surface area contributed by atoms with Gasteiger partial charge in [-0.15, -0.1) is 0 Å². The average Bonchev–Trinajstić information content (AvgIpc) is 2.27. The first-order chi connectivity index (χ1) is 6.83. The number of hydrogen-bond donors (Lipinski definition) is 2. The van der Waals surface area contributed by atoms with Crippen LogP contribution in [0.15, 0.2) is 24.3 Å². The predicted octanol–water partition coefficient (Wildman–Crippen LogP) is 1.10. The third kappa shape index (κ3) is 1.51. The zero-order chi connectivity index (χ0) is 9.97. The van der Waals surface area contributed by atoms with E-state index >= 15 is 0 Å². The molecule has 74 valence electrons. The molecule has 0 saturated carbocycles. The quantitative estimate of drug-likeness (QED) is 0.396. The fourth-order valence-electron chi connectivity index (χ4n) is 2.13. The van der Waals surface area contributed by atoms with Crippen LogP contribution in [0, 0.1) is 0 Å². The van der Waals surface area contributed by atoms with Crippen LogP contribution in [0.2, 0.25) is 0 Å². The van der Waals surface area contributed by atoms with Gasteiger partial charge in [0.1, 0.15) is 0 Å². The monoisotopic (exact) mass is 190 g/mol. The highest BCUT2D eigenvalue weighted by Gasteiger charge is 2.25. The molecule has 3 nitrogen and oxygen atoms in total. The number of amides is 1. The number of hydrogen-bond acceptors (Lipinski definition) is 2. The van der Waals surface area contributed by atoms with Crippen molar-refractivity contribution in [1.82, 2.24) is 5.43 Å². The summed E-state index contributed by atoms with van der Waals surface area (Å²) in [4.78, 5) is 11.5. The average molecular weight is 190 g/mol. The molecule has 1 aromatic rings. The zero-order valence-corrected chi connectivity index (χ0v) is 7.99. The number of aryl methyl sites for hydroxylation is 1. The van der Waals surface area contributed by atoms with E-state index in [0.717, 1.165) is 24.8 Å². The van der Waals surface area contributed by atoms with Crippen LogP contribution in [0.4, 0.5) is 0 Å². The minimum atomic E-state index is -0.0721. The maximum absolute atomic E-state index is 11.5. The molecule has 0 fully saturated rings. The lowest BCUT2D eigenvalue weighted by atomic mass is 9.82. The third-order valence-corrected chi connectivity index (χ3v) is 2.83. The van der Waals surface area contributed by atoms with Crippen molar-refractivity contribution in [3.05, 3.63) is 35.4 Å². The molecular weight excluding hydrogens is 176 g/mol. The second-order valence-corrected chi connectivity index (χ2v) is 3.65. The van der Waals surface area contributed by atoms with Crippen molar-refractivity contribution < 1.29 is 4.79 Å². The van der Waals surface area contributed by atoms with Gasteiger partial charge in [0, 0.05) is 0 Å². The van der Waals surface area contributed by atoms with Crippen LogP contribution in [0.1, 0.15) is 29.9 Å². The molecule has 3 heteroatoms. The van der Waals surface area contributed by atoms with Crippen LogP contribution in [0.25, 0.3) is 0 Å². The van der Waals surface area contributed by atoms with Crippen molar-refractivity contribution in [2.24, 2.45) is 5.84 Å². The minimum Gasteiger partial charge on any atom is -0.294 e. The molecule has 0 aliphatic heterocycles. The Hall–Kier alpha value is -1.35. The molecule has 0 spiro atoms. The Balaban J connectivity index is 2.35. The summed E-state index contributed by atoms with van der Waals surface area (Å²) < 4.78 is 0. The summed E-state index contributed by atoms with van der Waals surface area (Å²) in [6.45, 7) is 0. The van der Waals surface area contributed by atoms with Crippen LogP contribution in [-0.4, -0.2) is 5.91 Å². The smallest absolute Gasteiger partial charge is 0.241 e. The summed E-state index contributed by atoms with van der Waals surface area (Å²) in [5.74, 6) is 5.04. The minimum absolute atomic E-state index is 0.0510. The van der Waals surface area contributed by atoms with E-state index in [9.17, 15) is 4.79 Å². The number of carbonyl (C=O) groups is 1. The molecule has 0 unspecified atom stereocenters. The van der Waals surface area contributed by atoms with Gasteiger partial charge in [-0.05, 0) is 30.4 Å². The number of nitrogens with one attached hydrogen (secondary N) is 1. The van der Waals surface area contributed by atoms with E-state index < -0.39 is 0 Å². The van der Waals surface area contributed by atoms with E-state index in [0.29, 0.717) is 0 Å². The Morgan fingerprint density at radius 3 is 3.00 bits per heavy atom. The summed E-state index contributed by atoms with van der Waals surface area (Å²) in [7, 11) is 0. The first-order valence-corrected chi connectivity index (χ1v) is 4.91. The van der Waals surface area contributed by atoms with Crippen LogP contribution in [-0.2, 0) is 11.2 Å². The van der Waals surface area contributed by atoms with Gasteiger partial charge in [0.25, 0.3) is 0 Å². The molecule has 3 N–H and O–H groups in total. The van der Waals surface area contributed by atoms with Gasteiger partial charge in [-0.1, -0.05) is 24.3 Å². The molecule has 1 aromatic carbocycles. The number of nitrogens with two attached hydrogens (primary N) is 1. The Morgan fingerprint density at radius 2 is 2.21 bits per heavy atom. The predicted molar refractivity (Wildman–Crippen MR) is 54.5 cm³/mol. The molecule has 0 saturated heterocycles. The van der Waals surface area contributed by atoms with Gasteiger partial charge in [-0.3, -0.25) is 10.2 Å². The molecule has 1 atom stereocenters. The lowest BCUT2D eigenvalue weighted by molar-refractivity contribution is -0.122. The van der Waals surface area contributed by atoms with Crippen molar-refractivity contribution in [3.63, 3.8) is 0 Å². The Kier molecular flexibility index (Phi) is 2.50. The maximum Gasteiger partial charge on any atom is 0.241 e. The second kappa shape index (κ2) is 3.80. The molecule has 1 aliphatic carbocycles. The van der Waals surface area contributed by atoms with E-state index in [1.807, 2.05) is 18.2 Å². The number of benzene rings is 1. The second-order valence-electron chi connectivity index (χ2n) is 3.65. The molecule has 1 amide bonds. The molecule has 0 bridgehead atoms. The summed E-state index contributed by atoms with van der Waals surface area (Å²) >= 11 is 0. The highest BCUT2D eigenvalue weighted by Crippen LogP contribution is 2.31. The van der Waals surface area contributed by atoms with Gasteiger partial charge in [0.15, 0.2) is 0 Å². The number of carbonyl (C=O) groups excluding carboxylic acids is 1. The molecular formula is C11H14N2O. The largest absolute Gasteiger partial charge is 0.294 e. The summed E-state index contributed by atoms with van der Waals surface area (Å²) in [6.07, 6.45) is 3.04. The highest BCUT2D eigenvalue weighted by atomic mass is 16.2. The zero-order valence-electron chi connectivity index (χ0n) is 7.99. The van der Waals surface area contributed by atoms with E-state index in [2.05, 4.69) is 11.5 Å². The van der Waals surface area contributed by atoms with Gasteiger partial charge in [0.2, 0.25) is 5.91 Å². The molecule has 14 heavy (non-hydrogen) atoms. The number of hydrazine groups is 1. The fourth-order valence-corrected chi connectivity index (χ4v) is 2.13. The summed E-state index contributed by atoms with van der Waals surface area (Å²) in [5, 5.41) is 0. The molecule has 1 aliphatic rings. The normalized spacial score (nSPS) is 19.9. The molecule has 0 aromatic heterocycles. The Bertz CT molecular complexity index is 349. The van der Waals surface area contributed by atoms with Gasteiger partial charge < -0.3 is 0 Å². The summed E-state index contributed by atoms with van der Waals surface area (Å²) in [5.41, 5.74) is 4.66. The SMILES string of the molecule is NNC(=O)[C@@H]1CCCc2ccccc21. The highest BCUT2D eigenvalue weighted by molar-refractivity contribution is 5.83. The lowest BCUT2D eigenvalue weighted by Gasteiger charge is -2.23. The fraction of sp³-hybridized carbons (Fsp3) is 0.364. The number of fused-ring (bicyclic) bond motifs is 1. The standard InChI is InChI=1S/C11H14N2O/c12-13-11(14)10-7-3-5-8-4-1-2-6-9(8)10/h1-2,4,6,10H,3,5,7,12H2,(H,13,14)/t10-/m1/s1. The van der Waals surface area contributed by atoms with Crippen molar-refractivity contribution in [1.29, 1.82) is 0 Å². The van der Waals surface area contributed by atoms with E-state index in [1.54, 1.807) is 0 Å². The van der Waals surface area contributed by atoms with Crippen LogP contribution >= 0.6 is 0 Å². The van der Waals surface area contributed by atoms with Gasteiger partial charge >= 0.3 is 0 Å². The first kappa shape index (κ1) is 9.21. The lowest BCUT2D eigenvalue weighted by Crippen LogP contribution is -2.36. The van der Waals surface area contributed by atoms with Crippen molar-refractivity contribution in [3.8, 4) is 0 Å². The van der Waals surface area contributed by atoms with E-state index in [-0.39, 0.29) is 11.8 Å². The molecule has 0 heterocycles. The Morgan fingerprint density at radius 1 is 1.43 bits per heavy atom. The van der Waals surface area contributed by atoms with Gasteiger partial charge in [0.05, 0.1) is 5.92 Å². The maximum atomic E-state index is 11.5. The van der Waals surface area contributed by atoms with Crippen LogP contribution < -0.4 is 11.3 Å². The van der Waals surface area contributed by atoms with Gasteiger partial charge in [-0.25, -0.2) is 5.84 Å². The van der Waals surface area contributed by atoms with E-state index in [4.69, 9.17) is 5.84 Å². The summed E-state index contributed by atoms with van der Waals surface area (Å²) in [6, 6.07) is 8.10. The van der Waals surface area contributed by atoms with Crippen molar-refractivity contribution >= 4 is 5.91 Å². The first-order valence-electron chi connectivity index (χ1n) is 4.91. The van der Waals surface area contributed by atoms with E-state index in [1.165, 1.54) is 5.56 Å². The van der Waals surface area contributed by atoms with Crippen LogP contribution in [0.5, 0.6) is 0 Å². The van der Waals surface area contributed by atoms with Crippen LogP contribution in [0.3, 0.4) is 0 Å². The van der Waals surface area contributed by atoms with Gasteiger partial charge in [-0.2, -0.15) is 0 Å². The van der Waals surface area contributed by atoms with Crippen molar-refractivity contribution in [2.75, 3.05) is 0 Å².